The molecule has 170 valence electrons. The maximum Gasteiger partial charge on any atom is 0.308 e. The van der Waals surface area contributed by atoms with Crippen molar-refractivity contribution in [2.24, 2.45) is 0 Å². The second kappa shape index (κ2) is 10.2. The number of amides is 1. The molecule has 1 aliphatic rings. The van der Waals surface area contributed by atoms with Crippen molar-refractivity contribution in [3.63, 3.8) is 0 Å². The maximum absolute atomic E-state index is 12.4. The first-order valence-electron chi connectivity index (χ1n) is 10.5. The van der Waals surface area contributed by atoms with Crippen LogP contribution in [0.2, 0.25) is 10.2 Å². The van der Waals surface area contributed by atoms with E-state index in [1.807, 2.05) is 24.3 Å². The Morgan fingerprint density at radius 3 is 2.30 bits per heavy atom. The van der Waals surface area contributed by atoms with E-state index in [0.29, 0.717) is 34.3 Å². The van der Waals surface area contributed by atoms with Gasteiger partial charge in [-0.2, -0.15) is 0 Å². The van der Waals surface area contributed by atoms with Crippen molar-refractivity contribution < 1.29 is 14.3 Å². The van der Waals surface area contributed by atoms with E-state index >= 15 is 0 Å². The molecular formula is C24H22Cl2N4O3. The summed E-state index contributed by atoms with van der Waals surface area (Å²) in [5.74, 6) is 0.589. The van der Waals surface area contributed by atoms with Crippen LogP contribution in [0.25, 0.3) is 0 Å². The average Bonchev–Trinajstić information content (AvgIpc) is 3.32. The Balaban J connectivity index is 1.49. The molecule has 0 radical (unpaired) electrons. The molecule has 1 fully saturated rings. The number of carbonyl (C=O) groups excluding carboxylic acids is 2. The summed E-state index contributed by atoms with van der Waals surface area (Å²) in [7, 11) is 0. The highest BCUT2D eigenvalue weighted by atomic mass is 35.5. The van der Waals surface area contributed by atoms with Crippen molar-refractivity contribution in [3.8, 4) is 5.75 Å². The Bertz CT molecular complexity index is 1160. The normalized spacial score (nSPS) is 13.1. The van der Waals surface area contributed by atoms with Crippen molar-refractivity contribution in [3.05, 3.63) is 75.7 Å². The predicted molar refractivity (Wildman–Crippen MR) is 128 cm³/mol. The molecule has 1 aliphatic heterocycles. The highest BCUT2D eigenvalue weighted by Crippen LogP contribution is 2.35. The summed E-state index contributed by atoms with van der Waals surface area (Å²) in [5.41, 5.74) is 2.14. The molecule has 2 heterocycles. The minimum atomic E-state index is -0.468. The average molecular weight is 485 g/mol. The summed E-state index contributed by atoms with van der Waals surface area (Å²) in [5, 5.41) is 3.55. The number of nitrogens with zero attached hydrogens (tertiary/aromatic N) is 3. The fourth-order valence-corrected chi connectivity index (χ4v) is 3.95. The Labute approximate surface area is 201 Å². The van der Waals surface area contributed by atoms with Gasteiger partial charge in [0.05, 0.1) is 0 Å². The molecule has 0 saturated carbocycles. The molecule has 1 saturated heterocycles. The first-order valence-corrected chi connectivity index (χ1v) is 11.3. The summed E-state index contributed by atoms with van der Waals surface area (Å²) >= 11 is 12.2. The lowest BCUT2D eigenvalue weighted by Crippen LogP contribution is -2.22. The van der Waals surface area contributed by atoms with Gasteiger partial charge in [0.2, 0.25) is 5.75 Å². The molecule has 2 aromatic carbocycles. The van der Waals surface area contributed by atoms with Gasteiger partial charge in [0.25, 0.3) is 5.91 Å². The van der Waals surface area contributed by atoms with Crippen LogP contribution in [0.3, 0.4) is 0 Å². The van der Waals surface area contributed by atoms with E-state index in [0.717, 1.165) is 31.5 Å². The highest BCUT2D eigenvalue weighted by molar-refractivity contribution is 6.31. The van der Waals surface area contributed by atoms with E-state index in [1.54, 1.807) is 24.3 Å². The van der Waals surface area contributed by atoms with Crippen LogP contribution in [-0.4, -0.2) is 34.9 Å². The van der Waals surface area contributed by atoms with Crippen LogP contribution in [0.5, 0.6) is 5.75 Å². The van der Waals surface area contributed by atoms with Crippen molar-refractivity contribution in [1.29, 1.82) is 0 Å². The first kappa shape index (κ1) is 23.0. The number of halogens is 2. The van der Waals surface area contributed by atoms with Gasteiger partial charge in [-0.05, 0) is 54.8 Å². The standard InChI is InChI=1S/C24H22Cl2N4O3/c1-15(31)33-21-22(26)28-20(29-23(21)30-12-2-3-13-30)14-16-4-10-19(11-5-16)27-24(32)17-6-8-18(25)9-7-17/h4-11H,2-3,12-14H2,1H3,(H,27,32). The molecule has 9 heteroatoms. The number of esters is 1. The van der Waals surface area contributed by atoms with Gasteiger partial charge < -0.3 is 15.0 Å². The number of aromatic nitrogens is 2. The van der Waals surface area contributed by atoms with Gasteiger partial charge in [0.15, 0.2) is 11.0 Å². The molecule has 33 heavy (non-hydrogen) atoms. The van der Waals surface area contributed by atoms with Crippen LogP contribution >= 0.6 is 23.2 Å². The number of ether oxygens (including phenoxy) is 1. The molecule has 1 amide bonds. The molecule has 0 unspecified atom stereocenters. The number of rotatable bonds is 6. The summed E-state index contributed by atoms with van der Waals surface area (Å²) in [4.78, 5) is 35.0. The fraction of sp³-hybridized carbons (Fsp3) is 0.250. The van der Waals surface area contributed by atoms with Crippen LogP contribution in [0.1, 0.15) is 41.5 Å². The SMILES string of the molecule is CC(=O)Oc1c(Cl)nc(Cc2ccc(NC(=O)c3ccc(Cl)cc3)cc2)nc1N1CCCC1. The second-order valence-electron chi connectivity index (χ2n) is 7.71. The highest BCUT2D eigenvalue weighted by Gasteiger charge is 2.24. The summed E-state index contributed by atoms with van der Waals surface area (Å²) in [6.45, 7) is 2.97. The van der Waals surface area contributed by atoms with Gasteiger partial charge in [0.1, 0.15) is 5.82 Å². The number of hydrogen-bond donors (Lipinski definition) is 1. The molecule has 7 nitrogen and oxygen atoms in total. The zero-order chi connectivity index (χ0) is 23.4. The minimum absolute atomic E-state index is 0.115. The third kappa shape index (κ3) is 5.80. The van der Waals surface area contributed by atoms with Crippen LogP contribution < -0.4 is 15.0 Å². The lowest BCUT2D eigenvalue weighted by atomic mass is 10.1. The molecule has 0 atom stereocenters. The topological polar surface area (TPSA) is 84.4 Å². The Hall–Kier alpha value is -3.16. The van der Waals surface area contributed by atoms with Crippen LogP contribution in [0.4, 0.5) is 11.5 Å². The first-order chi connectivity index (χ1) is 15.9. The lowest BCUT2D eigenvalue weighted by molar-refractivity contribution is -0.131. The monoisotopic (exact) mass is 484 g/mol. The fourth-order valence-electron chi connectivity index (χ4n) is 3.60. The molecule has 0 spiro atoms. The largest absolute Gasteiger partial charge is 0.419 e. The summed E-state index contributed by atoms with van der Waals surface area (Å²) in [6, 6.07) is 14.1. The third-order valence-corrected chi connectivity index (χ3v) is 5.69. The van der Waals surface area contributed by atoms with Crippen molar-refractivity contribution >= 4 is 46.6 Å². The van der Waals surface area contributed by atoms with Gasteiger partial charge in [-0.25, -0.2) is 9.97 Å². The smallest absolute Gasteiger partial charge is 0.308 e. The van der Waals surface area contributed by atoms with E-state index in [4.69, 9.17) is 27.9 Å². The number of benzene rings is 2. The van der Waals surface area contributed by atoms with E-state index in [9.17, 15) is 9.59 Å². The zero-order valence-electron chi connectivity index (χ0n) is 18.0. The third-order valence-electron chi connectivity index (χ3n) is 5.18. The zero-order valence-corrected chi connectivity index (χ0v) is 19.5. The molecular weight excluding hydrogens is 463 g/mol. The number of carbonyl (C=O) groups is 2. The van der Waals surface area contributed by atoms with E-state index in [1.165, 1.54) is 6.92 Å². The van der Waals surface area contributed by atoms with Crippen LogP contribution in [0.15, 0.2) is 48.5 Å². The van der Waals surface area contributed by atoms with Gasteiger partial charge >= 0.3 is 5.97 Å². The van der Waals surface area contributed by atoms with Gasteiger partial charge in [-0.15, -0.1) is 0 Å². The molecule has 0 bridgehead atoms. The summed E-state index contributed by atoms with van der Waals surface area (Å²) < 4.78 is 5.30. The molecule has 0 aliphatic carbocycles. The van der Waals surface area contributed by atoms with E-state index in [2.05, 4.69) is 20.2 Å². The van der Waals surface area contributed by atoms with Crippen molar-refractivity contribution in [2.75, 3.05) is 23.3 Å². The lowest BCUT2D eigenvalue weighted by Gasteiger charge is -2.20. The van der Waals surface area contributed by atoms with Gasteiger partial charge in [-0.3, -0.25) is 9.59 Å². The van der Waals surface area contributed by atoms with Crippen LogP contribution in [-0.2, 0) is 11.2 Å². The van der Waals surface area contributed by atoms with Crippen LogP contribution in [0, 0.1) is 0 Å². The number of hydrogen-bond acceptors (Lipinski definition) is 6. The van der Waals surface area contributed by atoms with Gasteiger partial charge in [0, 0.05) is 42.7 Å². The quantitative estimate of drug-likeness (QED) is 0.384. The molecule has 1 N–H and O–H groups in total. The Kier molecular flexibility index (Phi) is 7.11. The van der Waals surface area contributed by atoms with Gasteiger partial charge in [-0.1, -0.05) is 35.3 Å². The predicted octanol–water partition coefficient (Wildman–Crippen LogP) is 5.15. The molecule has 1 aromatic heterocycles. The second-order valence-corrected chi connectivity index (χ2v) is 8.50. The molecule has 4 rings (SSSR count). The summed E-state index contributed by atoms with van der Waals surface area (Å²) in [6.07, 6.45) is 2.52. The maximum atomic E-state index is 12.4. The Morgan fingerprint density at radius 2 is 1.67 bits per heavy atom. The Morgan fingerprint density at radius 1 is 1.00 bits per heavy atom. The number of anilines is 2. The molecule has 3 aromatic rings. The van der Waals surface area contributed by atoms with E-state index in [-0.39, 0.29) is 16.8 Å². The van der Waals surface area contributed by atoms with Crippen molar-refractivity contribution in [1.82, 2.24) is 9.97 Å². The number of nitrogens with one attached hydrogen (secondary N) is 1. The van der Waals surface area contributed by atoms with E-state index < -0.39 is 5.97 Å². The minimum Gasteiger partial charge on any atom is -0.419 e. The van der Waals surface area contributed by atoms with Crippen molar-refractivity contribution in [2.45, 2.75) is 26.2 Å².